The summed E-state index contributed by atoms with van der Waals surface area (Å²) in [5.41, 5.74) is 0.968. The molecule has 2 rings (SSSR count). The zero-order valence-corrected chi connectivity index (χ0v) is 14.5. The van der Waals surface area contributed by atoms with E-state index in [1.807, 2.05) is 38.1 Å². The molecule has 1 aromatic carbocycles. The van der Waals surface area contributed by atoms with Crippen LogP contribution in [0, 0.1) is 0 Å². The first-order valence-corrected chi connectivity index (χ1v) is 9.44. The third kappa shape index (κ3) is 4.93. The Morgan fingerprint density at radius 1 is 1.27 bits per heavy atom. The molecule has 0 amide bonds. The average molecular weight is 347 g/mol. The van der Waals surface area contributed by atoms with Gasteiger partial charge in [0, 0.05) is 31.2 Å². The maximum atomic E-state index is 12.4. The van der Waals surface area contributed by atoms with Crippen LogP contribution in [-0.4, -0.2) is 50.3 Å². The number of morpholine rings is 1. The molecule has 0 radical (unpaired) electrons. The number of rotatable bonds is 6. The highest BCUT2D eigenvalue weighted by molar-refractivity contribution is 7.89. The van der Waals surface area contributed by atoms with Crippen molar-refractivity contribution in [2.45, 2.75) is 32.6 Å². The van der Waals surface area contributed by atoms with Gasteiger partial charge in [0.25, 0.3) is 0 Å². The molecule has 0 spiro atoms. The Hall–Kier alpha value is -0.660. The van der Waals surface area contributed by atoms with Gasteiger partial charge in [-0.25, -0.2) is 8.42 Å². The highest BCUT2D eigenvalue weighted by Gasteiger charge is 2.30. The molecule has 7 heteroatoms. The molecule has 0 unspecified atom stereocenters. The lowest BCUT2D eigenvalue weighted by Crippen LogP contribution is -2.49. The lowest BCUT2D eigenvalue weighted by molar-refractivity contribution is -0.0440. The Morgan fingerprint density at radius 2 is 1.91 bits per heavy atom. The van der Waals surface area contributed by atoms with Crippen molar-refractivity contribution in [3.63, 3.8) is 0 Å². The Morgan fingerprint density at radius 3 is 2.55 bits per heavy atom. The third-order valence-electron chi connectivity index (χ3n) is 3.59. The normalized spacial score (nSPS) is 23.6. The fourth-order valence-corrected chi connectivity index (χ4v) is 4.29. The van der Waals surface area contributed by atoms with E-state index in [1.165, 1.54) is 4.31 Å². The van der Waals surface area contributed by atoms with E-state index in [2.05, 4.69) is 5.32 Å². The van der Waals surface area contributed by atoms with Crippen LogP contribution in [0.3, 0.4) is 0 Å². The first-order chi connectivity index (χ1) is 10.4. The molecule has 1 fully saturated rings. The Bertz CT molecular complexity index is 584. The summed E-state index contributed by atoms with van der Waals surface area (Å²) in [4.78, 5) is 0. The van der Waals surface area contributed by atoms with Crippen molar-refractivity contribution in [3.8, 4) is 0 Å². The molecule has 5 nitrogen and oxygen atoms in total. The molecule has 1 saturated heterocycles. The summed E-state index contributed by atoms with van der Waals surface area (Å²) in [5, 5.41) is 3.83. The highest BCUT2D eigenvalue weighted by Crippen LogP contribution is 2.15. The van der Waals surface area contributed by atoms with Gasteiger partial charge in [-0.1, -0.05) is 29.8 Å². The van der Waals surface area contributed by atoms with E-state index in [9.17, 15) is 8.42 Å². The maximum Gasteiger partial charge on any atom is 0.215 e. The van der Waals surface area contributed by atoms with Gasteiger partial charge in [0.1, 0.15) is 0 Å². The number of nitrogens with zero attached hydrogens (tertiary/aromatic N) is 1. The second kappa shape index (κ2) is 7.75. The molecule has 1 heterocycles. The van der Waals surface area contributed by atoms with Gasteiger partial charge in [-0.15, -0.1) is 0 Å². The summed E-state index contributed by atoms with van der Waals surface area (Å²) in [6.07, 6.45) is -0.121. The lowest BCUT2D eigenvalue weighted by atomic mass is 10.2. The summed E-state index contributed by atoms with van der Waals surface area (Å²) < 4.78 is 31.8. The van der Waals surface area contributed by atoms with E-state index >= 15 is 0 Å². The van der Waals surface area contributed by atoms with Crippen molar-refractivity contribution in [1.82, 2.24) is 9.62 Å². The zero-order chi connectivity index (χ0) is 16.2. The highest BCUT2D eigenvalue weighted by atomic mass is 35.5. The summed E-state index contributed by atoms with van der Waals surface area (Å²) in [7, 11) is -3.26. The number of hydrogen-bond acceptors (Lipinski definition) is 4. The van der Waals surface area contributed by atoms with E-state index in [0.717, 1.165) is 5.56 Å². The third-order valence-corrected chi connectivity index (χ3v) is 5.76. The fourth-order valence-electron chi connectivity index (χ4n) is 2.55. The minimum Gasteiger partial charge on any atom is -0.373 e. The predicted octanol–water partition coefficient (Wildman–Crippen LogP) is 1.87. The van der Waals surface area contributed by atoms with Crippen LogP contribution in [0.4, 0.5) is 0 Å². The molecule has 0 aliphatic carbocycles. The van der Waals surface area contributed by atoms with Crippen LogP contribution in [-0.2, 0) is 21.3 Å². The van der Waals surface area contributed by atoms with Crippen molar-refractivity contribution >= 4 is 21.6 Å². The molecule has 0 saturated carbocycles. The molecule has 0 aromatic heterocycles. The average Bonchev–Trinajstić information content (AvgIpc) is 2.44. The number of sulfonamides is 1. The van der Waals surface area contributed by atoms with Crippen LogP contribution < -0.4 is 5.32 Å². The standard InChI is InChI=1S/C15H23ClN2O3S/c1-12-10-18(11-13(2)21-12)22(19,20)8-7-17-9-14-5-3-4-6-15(14)16/h3-6,12-13,17H,7-11H2,1-2H3/t12-,13-/m0/s1. The molecule has 1 aliphatic rings. The van der Waals surface area contributed by atoms with Gasteiger partial charge >= 0.3 is 0 Å². The molecule has 1 N–H and O–H groups in total. The van der Waals surface area contributed by atoms with Gasteiger partial charge in [0.05, 0.1) is 18.0 Å². The van der Waals surface area contributed by atoms with Crippen LogP contribution in [0.15, 0.2) is 24.3 Å². The van der Waals surface area contributed by atoms with Gasteiger partial charge in [-0.2, -0.15) is 4.31 Å². The molecule has 0 bridgehead atoms. The molecular formula is C15H23ClN2O3S. The molecule has 2 atom stereocenters. The number of benzene rings is 1. The zero-order valence-electron chi connectivity index (χ0n) is 13.0. The molecule has 22 heavy (non-hydrogen) atoms. The lowest BCUT2D eigenvalue weighted by Gasteiger charge is -2.34. The minimum atomic E-state index is -3.26. The van der Waals surface area contributed by atoms with Crippen LogP contribution in [0.5, 0.6) is 0 Å². The number of ether oxygens (including phenoxy) is 1. The van der Waals surface area contributed by atoms with Gasteiger partial charge in [0.15, 0.2) is 0 Å². The molecule has 1 aromatic rings. The van der Waals surface area contributed by atoms with Gasteiger partial charge in [-0.3, -0.25) is 0 Å². The Balaban J connectivity index is 1.81. The van der Waals surface area contributed by atoms with Gasteiger partial charge < -0.3 is 10.1 Å². The first-order valence-electron chi connectivity index (χ1n) is 7.46. The largest absolute Gasteiger partial charge is 0.373 e. The maximum absolute atomic E-state index is 12.4. The van der Waals surface area contributed by atoms with Crippen molar-refractivity contribution < 1.29 is 13.2 Å². The summed E-state index contributed by atoms with van der Waals surface area (Å²) in [5.74, 6) is 0.0803. The predicted molar refractivity (Wildman–Crippen MR) is 88.5 cm³/mol. The summed E-state index contributed by atoms with van der Waals surface area (Å²) in [6.45, 7) is 5.61. The van der Waals surface area contributed by atoms with Crippen molar-refractivity contribution in [2.75, 3.05) is 25.4 Å². The molecular weight excluding hydrogens is 324 g/mol. The Kier molecular flexibility index (Phi) is 6.23. The smallest absolute Gasteiger partial charge is 0.215 e. The van der Waals surface area contributed by atoms with Crippen molar-refractivity contribution in [3.05, 3.63) is 34.9 Å². The van der Waals surface area contributed by atoms with Crippen molar-refractivity contribution in [2.24, 2.45) is 0 Å². The van der Waals surface area contributed by atoms with E-state index < -0.39 is 10.0 Å². The number of halogens is 1. The quantitative estimate of drug-likeness (QED) is 0.799. The van der Waals surface area contributed by atoms with E-state index in [1.54, 1.807) is 0 Å². The monoisotopic (exact) mass is 346 g/mol. The van der Waals surface area contributed by atoms with Crippen molar-refractivity contribution in [1.29, 1.82) is 0 Å². The number of nitrogens with one attached hydrogen (secondary N) is 1. The van der Waals surface area contributed by atoms with Gasteiger partial charge in [-0.05, 0) is 25.5 Å². The number of hydrogen-bond donors (Lipinski definition) is 1. The van der Waals surface area contributed by atoms with Gasteiger partial charge in [0.2, 0.25) is 10.0 Å². The fraction of sp³-hybridized carbons (Fsp3) is 0.600. The minimum absolute atomic E-state index is 0.0605. The van der Waals surface area contributed by atoms with Crippen LogP contribution in [0.25, 0.3) is 0 Å². The van der Waals surface area contributed by atoms with E-state index in [0.29, 0.717) is 31.2 Å². The molecule has 1 aliphatic heterocycles. The van der Waals surface area contributed by atoms with E-state index in [-0.39, 0.29) is 18.0 Å². The van der Waals surface area contributed by atoms with Crippen LogP contribution in [0.2, 0.25) is 5.02 Å². The summed E-state index contributed by atoms with van der Waals surface area (Å²) >= 11 is 6.07. The molecule has 124 valence electrons. The topological polar surface area (TPSA) is 58.6 Å². The second-order valence-electron chi connectivity index (χ2n) is 5.66. The first kappa shape index (κ1) is 17.7. The Labute approximate surface area is 137 Å². The SMILES string of the molecule is C[C@H]1CN(S(=O)(=O)CCNCc2ccccc2Cl)C[C@H](C)O1. The van der Waals surface area contributed by atoms with Crippen LogP contribution in [0.1, 0.15) is 19.4 Å². The second-order valence-corrected chi connectivity index (χ2v) is 8.15. The summed E-state index contributed by atoms with van der Waals surface area (Å²) in [6, 6.07) is 7.54. The van der Waals surface area contributed by atoms with E-state index in [4.69, 9.17) is 16.3 Å². The van der Waals surface area contributed by atoms with Crippen LogP contribution >= 0.6 is 11.6 Å².